The van der Waals surface area contributed by atoms with Crippen LogP contribution in [0.15, 0.2) is 6.07 Å². The smallest absolute Gasteiger partial charge is 0.239 e. The van der Waals surface area contributed by atoms with Crippen LogP contribution in [0, 0.1) is 6.92 Å². The molecule has 0 aliphatic carbocycles. The average molecular weight is 181 g/mol. The quantitative estimate of drug-likeness (QED) is 0.475. The molecule has 1 aromatic heterocycles. The van der Waals surface area contributed by atoms with Crippen molar-refractivity contribution in [3.8, 4) is 0 Å². The van der Waals surface area contributed by atoms with Gasteiger partial charge in [0.05, 0.1) is 0 Å². The summed E-state index contributed by atoms with van der Waals surface area (Å²) in [6, 6.07) is 1.89. The molecule has 1 rings (SSSR count). The first-order valence-electron chi connectivity index (χ1n) is 4.32. The Bertz CT molecular complexity index is 273. The minimum absolute atomic E-state index is 0.443. The molecule has 0 unspecified atom stereocenters. The zero-order valence-corrected chi connectivity index (χ0v) is 7.96. The summed E-state index contributed by atoms with van der Waals surface area (Å²) in [5.74, 6) is 6.46. The number of anilines is 2. The van der Waals surface area contributed by atoms with Crippen molar-refractivity contribution < 1.29 is 0 Å². The number of hydrogen-bond acceptors (Lipinski definition) is 5. The predicted molar refractivity (Wildman–Crippen MR) is 53.4 cm³/mol. The van der Waals surface area contributed by atoms with E-state index >= 15 is 0 Å². The molecule has 0 saturated heterocycles. The van der Waals surface area contributed by atoms with Gasteiger partial charge in [-0.05, 0) is 13.3 Å². The van der Waals surface area contributed by atoms with Gasteiger partial charge in [0.1, 0.15) is 5.82 Å². The third-order valence-electron chi connectivity index (χ3n) is 1.54. The molecule has 5 heteroatoms. The summed E-state index contributed by atoms with van der Waals surface area (Å²) < 4.78 is 0. The van der Waals surface area contributed by atoms with E-state index < -0.39 is 0 Å². The minimum Gasteiger partial charge on any atom is -0.370 e. The van der Waals surface area contributed by atoms with Gasteiger partial charge in [-0.3, -0.25) is 5.43 Å². The number of nitrogens with two attached hydrogens (primary N) is 1. The highest BCUT2D eigenvalue weighted by atomic mass is 15.3. The van der Waals surface area contributed by atoms with Crippen LogP contribution in [-0.4, -0.2) is 16.5 Å². The summed E-state index contributed by atoms with van der Waals surface area (Å²) >= 11 is 0. The van der Waals surface area contributed by atoms with Crippen molar-refractivity contribution in [2.24, 2.45) is 5.84 Å². The molecule has 4 N–H and O–H groups in total. The molecule has 0 fully saturated rings. The monoisotopic (exact) mass is 181 g/mol. The Morgan fingerprint density at radius 2 is 2.23 bits per heavy atom. The van der Waals surface area contributed by atoms with Crippen molar-refractivity contribution in [3.05, 3.63) is 11.8 Å². The van der Waals surface area contributed by atoms with Gasteiger partial charge in [0.15, 0.2) is 0 Å². The predicted octanol–water partition coefficient (Wildman–Crippen LogP) is 0.893. The van der Waals surface area contributed by atoms with Gasteiger partial charge in [-0.1, -0.05) is 6.92 Å². The fourth-order valence-electron chi connectivity index (χ4n) is 0.977. The van der Waals surface area contributed by atoms with Crippen molar-refractivity contribution in [2.45, 2.75) is 20.3 Å². The normalized spacial score (nSPS) is 9.77. The molecule has 13 heavy (non-hydrogen) atoms. The molecule has 1 heterocycles. The van der Waals surface area contributed by atoms with Crippen LogP contribution in [0.4, 0.5) is 11.8 Å². The van der Waals surface area contributed by atoms with Crippen molar-refractivity contribution in [2.75, 3.05) is 17.3 Å². The standard InChI is InChI=1S/C8H15N5/c1-3-4-10-7-5-6(2)11-8(12-7)13-9/h5H,3-4,9H2,1-2H3,(H2,10,11,12,13). The van der Waals surface area contributed by atoms with E-state index in [0.29, 0.717) is 5.95 Å². The highest BCUT2D eigenvalue weighted by Crippen LogP contribution is 2.08. The maximum Gasteiger partial charge on any atom is 0.239 e. The fourth-order valence-corrected chi connectivity index (χ4v) is 0.977. The number of rotatable bonds is 4. The van der Waals surface area contributed by atoms with Gasteiger partial charge >= 0.3 is 0 Å². The van der Waals surface area contributed by atoms with Crippen LogP contribution in [0.5, 0.6) is 0 Å². The van der Waals surface area contributed by atoms with E-state index in [1.165, 1.54) is 0 Å². The molecule has 1 aromatic rings. The lowest BCUT2D eigenvalue weighted by molar-refractivity contribution is 0.959. The molecular weight excluding hydrogens is 166 g/mol. The molecule has 0 saturated carbocycles. The van der Waals surface area contributed by atoms with Gasteiger partial charge in [0, 0.05) is 18.3 Å². The molecule has 0 bridgehead atoms. The zero-order valence-electron chi connectivity index (χ0n) is 7.96. The number of hydrogen-bond donors (Lipinski definition) is 3. The highest BCUT2D eigenvalue weighted by Gasteiger charge is 1.98. The van der Waals surface area contributed by atoms with E-state index in [4.69, 9.17) is 5.84 Å². The maximum absolute atomic E-state index is 5.21. The number of nitrogens with one attached hydrogen (secondary N) is 2. The van der Waals surface area contributed by atoms with Crippen LogP contribution in [0.2, 0.25) is 0 Å². The first-order chi connectivity index (χ1) is 6.26. The summed E-state index contributed by atoms with van der Waals surface area (Å²) in [6.45, 7) is 4.91. The molecule has 72 valence electrons. The van der Waals surface area contributed by atoms with Gasteiger partial charge in [-0.25, -0.2) is 10.8 Å². The number of nitrogen functional groups attached to an aromatic ring is 1. The lowest BCUT2D eigenvalue weighted by Crippen LogP contribution is -2.12. The number of aryl methyl sites for hydroxylation is 1. The number of nitrogens with zero attached hydrogens (tertiary/aromatic N) is 2. The van der Waals surface area contributed by atoms with Crippen molar-refractivity contribution in [3.63, 3.8) is 0 Å². The van der Waals surface area contributed by atoms with E-state index in [2.05, 4.69) is 27.6 Å². The Morgan fingerprint density at radius 1 is 1.46 bits per heavy atom. The first kappa shape index (κ1) is 9.73. The Balaban J connectivity index is 2.76. The number of hydrazine groups is 1. The van der Waals surface area contributed by atoms with E-state index in [9.17, 15) is 0 Å². The van der Waals surface area contributed by atoms with Gasteiger partial charge in [-0.15, -0.1) is 0 Å². The van der Waals surface area contributed by atoms with Gasteiger partial charge in [0.25, 0.3) is 0 Å². The second-order valence-corrected chi connectivity index (χ2v) is 2.79. The summed E-state index contributed by atoms with van der Waals surface area (Å²) in [4.78, 5) is 8.20. The Labute approximate surface area is 77.7 Å². The fraction of sp³-hybridized carbons (Fsp3) is 0.500. The molecule has 0 aromatic carbocycles. The largest absolute Gasteiger partial charge is 0.370 e. The summed E-state index contributed by atoms with van der Waals surface area (Å²) in [5, 5.41) is 3.16. The molecule has 0 spiro atoms. The Morgan fingerprint density at radius 3 is 2.85 bits per heavy atom. The van der Waals surface area contributed by atoms with E-state index in [-0.39, 0.29) is 0 Å². The molecule has 0 amide bonds. The Hall–Kier alpha value is -1.36. The summed E-state index contributed by atoms with van der Waals surface area (Å²) in [5.41, 5.74) is 3.31. The SMILES string of the molecule is CCCNc1cc(C)nc(NN)n1. The lowest BCUT2D eigenvalue weighted by Gasteiger charge is -2.06. The van der Waals surface area contributed by atoms with Crippen LogP contribution in [0.25, 0.3) is 0 Å². The van der Waals surface area contributed by atoms with E-state index in [1.807, 2.05) is 13.0 Å². The molecular formula is C8H15N5. The van der Waals surface area contributed by atoms with E-state index in [1.54, 1.807) is 0 Å². The molecule has 0 atom stereocenters. The number of aromatic nitrogens is 2. The third-order valence-corrected chi connectivity index (χ3v) is 1.54. The Kier molecular flexibility index (Phi) is 3.45. The van der Waals surface area contributed by atoms with Gasteiger partial charge in [-0.2, -0.15) is 4.98 Å². The van der Waals surface area contributed by atoms with Gasteiger partial charge < -0.3 is 5.32 Å². The lowest BCUT2D eigenvalue weighted by atomic mass is 10.4. The van der Waals surface area contributed by atoms with Crippen molar-refractivity contribution >= 4 is 11.8 Å². The van der Waals surface area contributed by atoms with E-state index in [0.717, 1.165) is 24.5 Å². The maximum atomic E-state index is 5.21. The van der Waals surface area contributed by atoms with Crippen LogP contribution < -0.4 is 16.6 Å². The summed E-state index contributed by atoms with van der Waals surface area (Å²) in [7, 11) is 0. The van der Waals surface area contributed by atoms with Crippen LogP contribution in [0.1, 0.15) is 19.0 Å². The highest BCUT2D eigenvalue weighted by molar-refractivity contribution is 5.41. The molecule has 0 aliphatic heterocycles. The molecule has 0 radical (unpaired) electrons. The third kappa shape index (κ3) is 2.87. The van der Waals surface area contributed by atoms with Gasteiger partial charge in [0.2, 0.25) is 5.95 Å². The van der Waals surface area contributed by atoms with Crippen molar-refractivity contribution in [1.82, 2.24) is 9.97 Å². The average Bonchev–Trinajstić information content (AvgIpc) is 2.14. The topological polar surface area (TPSA) is 75.9 Å². The molecule has 5 nitrogen and oxygen atoms in total. The first-order valence-corrected chi connectivity index (χ1v) is 4.32. The molecule has 0 aliphatic rings. The van der Waals surface area contributed by atoms with Crippen LogP contribution in [-0.2, 0) is 0 Å². The van der Waals surface area contributed by atoms with Crippen molar-refractivity contribution in [1.29, 1.82) is 0 Å². The minimum atomic E-state index is 0.443. The van der Waals surface area contributed by atoms with Crippen LogP contribution in [0.3, 0.4) is 0 Å². The summed E-state index contributed by atoms with van der Waals surface area (Å²) in [6.07, 6.45) is 1.06. The second-order valence-electron chi connectivity index (χ2n) is 2.79. The zero-order chi connectivity index (χ0) is 9.68. The second kappa shape index (κ2) is 4.61. The van der Waals surface area contributed by atoms with Crippen LogP contribution >= 0.6 is 0 Å².